The van der Waals surface area contributed by atoms with Crippen LogP contribution in [0.4, 0.5) is 0 Å². The van der Waals surface area contributed by atoms with Crippen molar-refractivity contribution < 1.29 is 43.5 Å². The average Bonchev–Trinajstić information content (AvgIpc) is 3.13. The summed E-state index contributed by atoms with van der Waals surface area (Å²) in [6.45, 7) is 17.8. The Labute approximate surface area is 224 Å². The van der Waals surface area contributed by atoms with Gasteiger partial charge in [0.05, 0.1) is 23.5 Å². The molecule has 1 saturated carbocycles. The number of aliphatic hydroxyl groups is 2. The molecule has 0 aromatic rings. The molecule has 1 saturated heterocycles. The van der Waals surface area contributed by atoms with Gasteiger partial charge in [0.1, 0.15) is 6.10 Å². The number of rotatable bonds is 9. The van der Waals surface area contributed by atoms with E-state index in [4.69, 9.17) is 18.9 Å². The van der Waals surface area contributed by atoms with Gasteiger partial charge in [-0.2, -0.15) is 0 Å². The molecule has 212 valence electrons. The fourth-order valence-electron chi connectivity index (χ4n) is 6.52. The summed E-state index contributed by atoms with van der Waals surface area (Å²) in [4.78, 5) is 37.0. The number of aliphatic hydroxyl groups excluding tert-OH is 2. The van der Waals surface area contributed by atoms with Gasteiger partial charge in [-0.25, -0.2) is 0 Å². The molecule has 0 aromatic heterocycles. The molecular formula is C29H42O9. The van der Waals surface area contributed by atoms with Gasteiger partial charge < -0.3 is 24.4 Å². The molecule has 1 spiro atoms. The smallest absolute Gasteiger partial charge is 0.309 e. The van der Waals surface area contributed by atoms with Gasteiger partial charge in [0.25, 0.3) is 0 Å². The first-order valence-corrected chi connectivity index (χ1v) is 13.3. The standard InChI is InChI=1S/C29H42O9/c1-9-15(3)22(32)14-28(8)17(5)11-24(33)29-21(26(35-18(6)30)38-27(29)36-19(7)31)12-20(13-23(28)29)37-25(34)16(4)10-2/h9,12,16-17,20,22-24,26-27,32-33H,1,3,10-11,13-14H2,2,4-8H3/t16-,17+,20-,22-,23-,24-,26-,27+,28+,29+/m1/s1. The highest BCUT2D eigenvalue weighted by Gasteiger charge is 2.71. The van der Waals surface area contributed by atoms with E-state index < -0.39 is 59.6 Å². The fraction of sp³-hybridized carbons (Fsp3) is 0.690. The molecule has 0 amide bonds. The van der Waals surface area contributed by atoms with E-state index >= 15 is 0 Å². The van der Waals surface area contributed by atoms with Crippen molar-refractivity contribution in [2.75, 3.05) is 0 Å². The molecule has 0 aromatic carbocycles. The minimum atomic E-state index is -1.29. The monoisotopic (exact) mass is 534 g/mol. The van der Waals surface area contributed by atoms with Crippen LogP contribution >= 0.6 is 0 Å². The van der Waals surface area contributed by atoms with E-state index in [-0.39, 0.29) is 30.6 Å². The molecule has 9 heteroatoms. The van der Waals surface area contributed by atoms with Crippen molar-refractivity contribution >= 4 is 17.9 Å². The van der Waals surface area contributed by atoms with Crippen LogP contribution in [0.15, 0.2) is 36.5 Å². The van der Waals surface area contributed by atoms with E-state index in [2.05, 4.69) is 13.2 Å². The number of hydrogen-bond donors (Lipinski definition) is 2. The lowest BCUT2D eigenvalue weighted by Gasteiger charge is -2.60. The molecule has 2 aliphatic carbocycles. The molecule has 2 N–H and O–H groups in total. The minimum Gasteiger partial charge on any atom is -0.458 e. The fourth-order valence-corrected chi connectivity index (χ4v) is 6.52. The van der Waals surface area contributed by atoms with Crippen LogP contribution in [0.25, 0.3) is 0 Å². The summed E-state index contributed by atoms with van der Waals surface area (Å²) in [5.41, 5.74) is -1.10. The van der Waals surface area contributed by atoms with Gasteiger partial charge in [0.15, 0.2) is 0 Å². The summed E-state index contributed by atoms with van der Waals surface area (Å²) in [6.07, 6.45) is -0.516. The third kappa shape index (κ3) is 5.20. The summed E-state index contributed by atoms with van der Waals surface area (Å²) in [7, 11) is 0. The average molecular weight is 535 g/mol. The summed E-state index contributed by atoms with van der Waals surface area (Å²) < 4.78 is 23.1. The summed E-state index contributed by atoms with van der Waals surface area (Å²) in [5, 5.41) is 22.8. The van der Waals surface area contributed by atoms with Gasteiger partial charge in [-0.05, 0) is 54.6 Å². The van der Waals surface area contributed by atoms with Crippen LogP contribution in [-0.4, -0.2) is 59.0 Å². The molecule has 3 aliphatic rings. The summed E-state index contributed by atoms with van der Waals surface area (Å²) >= 11 is 0. The lowest BCUT2D eigenvalue weighted by molar-refractivity contribution is -0.256. The van der Waals surface area contributed by atoms with Gasteiger partial charge >= 0.3 is 17.9 Å². The molecule has 10 atom stereocenters. The zero-order valence-electron chi connectivity index (χ0n) is 23.3. The van der Waals surface area contributed by atoms with E-state index in [9.17, 15) is 24.6 Å². The number of esters is 3. The predicted octanol–water partition coefficient (Wildman–Crippen LogP) is 3.59. The van der Waals surface area contributed by atoms with Gasteiger partial charge in [-0.1, -0.05) is 46.9 Å². The van der Waals surface area contributed by atoms with Crippen molar-refractivity contribution in [3.05, 3.63) is 36.5 Å². The zero-order valence-corrected chi connectivity index (χ0v) is 23.3. The Morgan fingerprint density at radius 1 is 1.21 bits per heavy atom. The van der Waals surface area contributed by atoms with Crippen molar-refractivity contribution in [1.82, 2.24) is 0 Å². The Morgan fingerprint density at radius 2 is 1.84 bits per heavy atom. The van der Waals surface area contributed by atoms with Crippen LogP contribution in [0.1, 0.15) is 67.2 Å². The van der Waals surface area contributed by atoms with Crippen molar-refractivity contribution in [1.29, 1.82) is 0 Å². The summed E-state index contributed by atoms with van der Waals surface area (Å²) in [6, 6.07) is 0. The molecule has 2 fully saturated rings. The third-order valence-corrected chi connectivity index (χ3v) is 9.00. The highest BCUT2D eigenvalue weighted by Crippen LogP contribution is 2.67. The Bertz CT molecular complexity index is 1000. The largest absolute Gasteiger partial charge is 0.458 e. The molecule has 0 radical (unpaired) electrons. The normalized spacial score (nSPS) is 37.5. The number of hydrogen-bond acceptors (Lipinski definition) is 9. The molecule has 0 bridgehead atoms. The van der Waals surface area contributed by atoms with Crippen LogP contribution in [0.2, 0.25) is 0 Å². The Balaban J connectivity index is 2.22. The van der Waals surface area contributed by atoms with E-state index in [1.807, 2.05) is 20.8 Å². The maximum absolute atomic E-state index is 12.8. The van der Waals surface area contributed by atoms with E-state index in [1.54, 1.807) is 13.0 Å². The van der Waals surface area contributed by atoms with Crippen molar-refractivity contribution in [2.45, 2.75) is 98.1 Å². The molecule has 1 heterocycles. The lowest BCUT2D eigenvalue weighted by atomic mass is 9.44. The second-order valence-electron chi connectivity index (χ2n) is 11.3. The van der Waals surface area contributed by atoms with Gasteiger partial charge in [0, 0.05) is 19.4 Å². The lowest BCUT2D eigenvalue weighted by Crippen LogP contribution is -2.63. The third-order valence-electron chi connectivity index (χ3n) is 9.00. The van der Waals surface area contributed by atoms with E-state index in [0.717, 1.165) is 0 Å². The second-order valence-corrected chi connectivity index (χ2v) is 11.3. The van der Waals surface area contributed by atoms with Gasteiger partial charge in [0.2, 0.25) is 12.6 Å². The molecule has 0 unspecified atom stereocenters. The Morgan fingerprint density at radius 3 is 2.39 bits per heavy atom. The number of ether oxygens (including phenoxy) is 4. The Kier molecular flexibility index (Phi) is 8.95. The van der Waals surface area contributed by atoms with Crippen molar-refractivity contribution in [3.63, 3.8) is 0 Å². The van der Waals surface area contributed by atoms with Crippen molar-refractivity contribution in [2.24, 2.45) is 28.6 Å². The van der Waals surface area contributed by atoms with Crippen LogP contribution in [0.5, 0.6) is 0 Å². The SMILES string of the molecule is C=CC(=C)[C@H](O)C[C@]1(C)[C@H]2C[C@H](OC(=O)[C@H](C)CC)C=C3[C@H](OC(C)=O)O[C@H](OC(C)=O)[C@@]32[C@H](O)C[C@@H]1C. The van der Waals surface area contributed by atoms with Crippen molar-refractivity contribution in [3.8, 4) is 0 Å². The minimum absolute atomic E-state index is 0.101. The van der Waals surface area contributed by atoms with E-state index in [0.29, 0.717) is 24.0 Å². The van der Waals surface area contributed by atoms with Crippen LogP contribution in [0.3, 0.4) is 0 Å². The van der Waals surface area contributed by atoms with Gasteiger partial charge in [-0.15, -0.1) is 0 Å². The molecule has 38 heavy (non-hydrogen) atoms. The van der Waals surface area contributed by atoms with Gasteiger partial charge in [-0.3, -0.25) is 19.1 Å². The highest BCUT2D eigenvalue weighted by atomic mass is 16.8. The Hall–Kier alpha value is -2.49. The molecule has 3 rings (SSSR count). The molecule has 9 nitrogen and oxygen atoms in total. The first-order chi connectivity index (χ1) is 17.7. The molecule has 1 aliphatic heterocycles. The number of carbonyl (C=O) groups is 3. The topological polar surface area (TPSA) is 129 Å². The second kappa shape index (κ2) is 11.3. The van der Waals surface area contributed by atoms with Crippen LogP contribution in [0, 0.1) is 28.6 Å². The highest BCUT2D eigenvalue weighted by molar-refractivity contribution is 5.72. The number of carbonyl (C=O) groups excluding carboxylic acids is 3. The van der Waals surface area contributed by atoms with Crippen LogP contribution < -0.4 is 0 Å². The first kappa shape index (κ1) is 30.1. The first-order valence-electron chi connectivity index (χ1n) is 13.3. The maximum atomic E-state index is 12.8. The summed E-state index contributed by atoms with van der Waals surface area (Å²) in [5.74, 6) is -2.53. The quantitative estimate of drug-likeness (QED) is 0.197. The van der Waals surface area contributed by atoms with E-state index in [1.165, 1.54) is 19.9 Å². The predicted molar refractivity (Wildman–Crippen MR) is 138 cm³/mol. The maximum Gasteiger partial charge on any atom is 0.309 e. The zero-order chi connectivity index (χ0) is 28.6. The molecular weight excluding hydrogens is 492 g/mol. The van der Waals surface area contributed by atoms with Crippen LogP contribution in [-0.2, 0) is 33.3 Å².